The zero-order valence-electron chi connectivity index (χ0n) is 22.5. The molecule has 36 heavy (non-hydrogen) atoms. The lowest BCUT2D eigenvalue weighted by Gasteiger charge is -2.41. The lowest BCUT2D eigenvalue weighted by molar-refractivity contribution is 0.0138. The summed E-state index contributed by atoms with van der Waals surface area (Å²) in [6.07, 6.45) is 8.28. The van der Waals surface area contributed by atoms with Crippen molar-refractivity contribution in [1.82, 2.24) is 15.0 Å². The molecule has 1 unspecified atom stereocenters. The fourth-order valence-corrected chi connectivity index (χ4v) is 6.78. The van der Waals surface area contributed by atoms with Crippen LogP contribution in [0.15, 0.2) is 18.3 Å². The van der Waals surface area contributed by atoms with Crippen molar-refractivity contribution < 1.29 is 13.9 Å². The molecule has 2 fully saturated rings. The predicted molar refractivity (Wildman–Crippen MR) is 153 cm³/mol. The maximum atomic E-state index is 6.66. The molecule has 0 spiro atoms. The molecule has 1 aromatic carbocycles. The first kappa shape index (κ1) is 27.9. The Kier molecular flexibility index (Phi) is 9.11. The molecule has 1 aliphatic carbocycles. The third-order valence-electron chi connectivity index (χ3n) is 7.66. The maximum Gasteiger partial charge on any atom is 0.238 e. The van der Waals surface area contributed by atoms with Gasteiger partial charge in [0, 0.05) is 30.0 Å². The number of nitrogens with zero attached hydrogens (tertiary/aromatic N) is 3. The van der Waals surface area contributed by atoms with E-state index in [1.807, 2.05) is 18.3 Å². The first-order valence-electron chi connectivity index (χ1n) is 13.0. The van der Waals surface area contributed by atoms with Crippen molar-refractivity contribution >= 4 is 48.5 Å². The molecule has 1 saturated carbocycles. The molecule has 200 valence electrons. The van der Waals surface area contributed by atoms with Gasteiger partial charge in [-0.05, 0) is 62.2 Å². The Morgan fingerprint density at radius 2 is 1.92 bits per heavy atom. The van der Waals surface area contributed by atoms with Gasteiger partial charge in [0.05, 0.1) is 30.4 Å². The Bertz CT molecular complexity index is 1030. The van der Waals surface area contributed by atoms with Crippen LogP contribution in [0.5, 0.6) is 5.75 Å². The second-order valence-electron chi connectivity index (χ2n) is 11.4. The molecule has 1 N–H and O–H groups in total. The van der Waals surface area contributed by atoms with Crippen LogP contribution in [-0.4, -0.2) is 73.3 Å². The molecule has 0 radical (unpaired) electrons. The number of benzene rings is 1. The molecule has 1 saturated heterocycles. The molecule has 10 heteroatoms. The van der Waals surface area contributed by atoms with E-state index in [2.05, 4.69) is 55.5 Å². The van der Waals surface area contributed by atoms with Gasteiger partial charge in [-0.2, -0.15) is 11.8 Å². The summed E-state index contributed by atoms with van der Waals surface area (Å²) >= 11 is 8.45. The van der Waals surface area contributed by atoms with Crippen molar-refractivity contribution in [2.45, 2.75) is 82.8 Å². The smallest absolute Gasteiger partial charge is 0.238 e. The highest BCUT2D eigenvalue weighted by Gasteiger charge is 2.40. The second kappa shape index (κ2) is 11.7. The van der Waals surface area contributed by atoms with Crippen molar-refractivity contribution in [2.24, 2.45) is 0 Å². The number of rotatable bonds is 8. The molecule has 0 amide bonds. The Morgan fingerprint density at radius 1 is 1.19 bits per heavy atom. The van der Waals surface area contributed by atoms with Crippen LogP contribution in [0.1, 0.15) is 46.5 Å². The average molecular weight is 553 g/mol. The minimum absolute atomic E-state index is 0.101. The minimum atomic E-state index is -1.77. The third kappa shape index (κ3) is 6.66. The topological polar surface area (TPSA) is 68.7 Å². The summed E-state index contributed by atoms with van der Waals surface area (Å²) in [4.78, 5) is 9.39. The summed E-state index contributed by atoms with van der Waals surface area (Å²) in [5.41, 5.74) is 4.15. The molecule has 2 aromatic rings. The standard InChI is InChI=1S/C26H41ClN4O3SSi/c1-26(2,3)36(5,6)34-21-10-8-20(9-11-21)33-24-22(27)12-7-18-15-28-25(29-23(18)24)30-31-13-14-32-16-19(31)17-35-4/h7,12,15,19-21H,8-11,13-14,16-17H2,1-6H3,(H,28,29,30)/t19?,20-,21+. The molecule has 0 bridgehead atoms. The fraction of sp³-hybridized carbons (Fsp3) is 0.692. The van der Waals surface area contributed by atoms with Crippen molar-refractivity contribution in [3.05, 3.63) is 23.4 Å². The molecule has 7 nitrogen and oxygen atoms in total. The van der Waals surface area contributed by atoms with Gasteiger partial charge in [0.1, 0.15) is 5.52 Å². The van der Waals surface area contributed by atoms with Gasteiger partial charge in [0.15, 0.2) is 14.1 Å². The predicted octanol–water partition coefficient (Wildman–Crippen LogP) is 6.39. The average Bonchev–Trinajstić information content (AvgIpc) is 2.83. The Hall–Kier alpha value is -1.10. The van der Waals surface area contributed by atoms with Crippen LogP contribution in [0.4, 0.5) is 5.95 Å². The number of anilines is 1. The van der Waals surface area contributed by atoms with E-state index >= 15 is 0 Å². The SMILES string of the molecule is CSCC1COCCN1Nc1ncc2ccc(Cl)c(O[C@H]3CC[C@@H](O[Si](C)(C)C(C)(C)C)CC3)c2n1. The molecule has 1 atom stereocenters. The van der Waals surface area contributed by atoms with E-state index in [9.17, 15) is 0 Å². The Balaban J connectivity index is 1.45. The third-order valence-corrected chi connectivity index (χ3v) is 13.2. The summed E-state index contributed by atoms with van der Waals surface area (Å²) < 4.78 is 18.8. The van der Waals surface area contributed by atoms with Gasteiger partial charge in [0.2, 0.25) is 5.95 Å². The molecular weight excluding hydrogens is 512 g/mol. The van der Waals surface area contributed by atoms with Crippen molar-refractivity contribution in [2.75, 3.05) is 37.2 Å². The van der Waals surface area contributed by atoms with Crippen LogP contribution in [0, 0.1) is 0 Å². The van der Waals surface area contributed by atoms with Gasteiger partial charge in [-0.25, -0.2) is 15.0 Å². The lowest BCUT2D eigenvalue weighted by atomic mass is 9.95. The summed E-state index contributed by atoms with van der Waals surface area (Å²) in [6, 6.07) is 4.09. The van der Waals surface area contributed by atoms with E-state index in [1.54, 1.807) is 11.8 Å². The van der Waals surface area contributed by atoms with E-state index in [0.717, 1.165) is 48.9 Å². The van der Waals surface area contributed by atoms with Gasteiger partial charge < -0.3 is 13.9 Å². The van der Waals surface area contributed by atoms with Gasteiger partial charge in [0.25, 0.3) is 0 Å². The van der Waals surface area contributed by atoms with E-state index in [1.165, 1.54) is 0 Å². The molecular formula is C26H41ClN4O3SSi. The number of nitrogens with one attached hydrogen (secondary N) is 1. The number of hydrazine groups is 1. The number of halogens is 1. The summed E-state index contributed by atoms with van der Waals surface area (Å²) in [5.74, 6) is 2.17. The van der Waals surface area contributed by atoms with Crippen LogP contribution < -0.4 is 10.2 Å². The van der Waals surface area contributed by atoms with E-state index in [0.29, 0.717) is 36.0 Å². The van der Waals surface area contributed by atoms with Crippen LogP contribution in [0.3, 0.4) is 0 Å². The maximum absolute atomic E-state index is 6.66. The van der Waals surface area contributed by atoms with Crippen LogP contribution in [-0.2, 0) is 9.16 Å². The number of thioether (sulfide) groups is 1. The monoisotopic (exact) mass is 552 g/mol. The number of hydrogen-bond donors (Lipinski definition) is 1. The summed E-state index contributed by atoms with van der Waals surface area (Å²) in [6.45, 7) is 13.7. The lowest BCUT2D eigenvalue weighted by Crippen LogP contribution is -2.50. The quantitative estimate of drug-likeness (QED) is 0.378. The number of hydrogen-bond acceptors (Lipinski definition) is 8. The molecule has 1 aromatic heterocycles. The van der Waals surface area contributed by atoms with Crippen LogP contribution in [0.25, 0.3) is 10.9 Å². The van der Waals surface area contributed by atoms with Crippen molar-refractivity contribution in [3.8, 4) is 5.75 Å². The summed E-state index contributed by atoms with van der Waals surface area (Å²) in [5, 5.41) is 3.89. The Morgan fingerprint density at radius 3 is 2.61 bits per heavy atom. The number of morpholine rings is 1. The van der Waals surface area contributed by atoms with E-state index in [4.69, 9.17) is 30.5 Å². The highest BCUT2D eigenvalue weighted by molar-refractivity contribution is 7.98. The van der Waals surface area contributed by atoms with Crippen molar-refractivity contribution in [3.63, 3.8) is 0 Å². The highest BCUT2D eigenvalue weighted by atomic mass is 35.5. The number of fused-ring (bicyclic) bond motifs is 1. The minimum Gasteiger partial charge on any atom is -0.487 e. The highest BCUT2D eigenvalue weighted by Crippen LogP contribution is 2.40. The zero-order valence-corrected chi connectivity index (χ0v) is 25.0. The molecule has 4 rings (SSSR count). The fourth-order valence-electron chi connectivity index (χ4n) is 4.50. The first-order valence-corrected chi connectivity index (χ1v) is 17.6. The van der Waals surface area contributed by atoms with E-state index in [-0.39, 0.29) is 17.2 Å². The molecule has 2 heterocycles. The summed E-state index contributed by atoms with van der Waals surface area (Å²) in [7, 11) is -1.77. The first-order chi connectivity index (χ1) is 17.1. The van der Waals surface area contributed by atoms with Gasteiger partial charge in [-0.1, -0.05) is 32.4 Å². The van der Waals surface area contributed by atoms with E-state index < -0.39 is 8.32 Å². The largest absolute Gasteiger partial charge is 0.487 e. The van der Waals surface area contributed by atoms with Crippen molar-refractivity contribution in [1.29, 1.82) is 0 Å². The van der Waals surface area contributed by atoms with Crippen LogP contribution >= 0.6 is 23.4 Å². The zero-order chi connectivity index (χ0) is 25.9. The second-order valence-corrected chi connectivity index (χ2v) is 17.5. The van der Waals surface area contributed by atoms with Crippen LogP contribution in [0.2, 0.25) is 23.2 Å². The van der Waals surface area contributed by atoms with Gasteiger partial charge >= 0.3 is 0 Å². The number of ether oxygens (including phenoxy) is 2. The van der Waals surface area contributed by atoms with Gasteiger partial charge in [-0.3, -0.25) is 5.43 Å². The molecule has 2 aliphatic rings. The van der Waals surface area contributed by atoms with Gasteiger partial charge in [-0.15, -0.1) is 0 Å². The normalized spacial score (nSPS) is 24.1. The Labute approximate surface area is 226 Å². The number of aromatic nitrogens is 2. The molecule has 1 aliphatic heterocycles.